The van der Waals surface area contributed by atoms with Gasteiger partial charge in [-0.05, 0) is 79.4 Å². The van der Waals surface area contributed by atoms with E-state index in [9.17, 15) is 4.79 Å². The highest BCUT2D eigenvalue weighted by Gasteiger charge is 1.99. The van der Waals surface area contributed by atoms with Crippen molar-refractivity contribution in [3.63, 3.8) is 0 Å². The topological polar surface area (TPSA) is 66.5 Å². The van der Waals surface area contributed by atoms with Crippen LogP contribution in [0.1, 0.15) is 63.5 Å². The van der Waals surface area contributed by atoms with Gasteiger partial charge in [-0.25, -0.2) is 0 Å². The quantitative estimate of drug-likeness (QED) is 0.187. The van der Waals surface area contributed by atoms with Gasteiger partial charge in [0, 0.05) is 6.42 Å². The van der Waals surface area contributed by atoms with Crippen molar-refractivity contribution in [2.24, 2.45) is 20.5 Å². The number of hydrogen-bond acceptors (Lipinski definition) is 5. The van der Waals surface area contributed by atoms with E-state index in [1.165, 1.54) is 44.1 Å². The number of benzene rings is 3. The maximum Gasteiger partial charge on any atom is 0.134 e. The Morgan fingerprint density at radius 3 is 1.38 bits per heavy atom. The number of hydrogen-bond donors (Lipinski definition) is 0. The molecule has 0 bridgehead atoms. The van der Waals surface area contributed by atoms with Crippen LogP contribution >= 0.6 is 0 Å². The van der Waals surface area contributed by atoms with Crippen LogP contribution in [0.4, 0.5) is 22.7 Å². The van der Waals surface area contributed by atoms with E-state index in [-0.39, 0.29) is 5.78 Å². The molecule has 34 heavy (non-hydrogen) atoms. The van der Waals surface area contributed by atoms with E-state index in [4.69, 9.17) is 0 Å². The molecule has 0 radical (unpaired) electrons. The first-order valence-corrected chi connectivity index (χ1v) is 12.2. The second-order valence-electron chi connectivity index (χ2n) is 8.65. The van der Waals surface area contributed by atoms with E-state index in [1.807, 2.05) is 60.7 Å². The monoisotopic (exact) mass is 454 g/mol. The number of ketones is 1. The number of carbonyl (C=O) groups is 1. The molecule has 5 heteroatoms. The van der Waals surface area contributed by atoms with Gasteiger partial charge in [0.2, 0.25) is 0 Å². The normalized spacial score (nSPS) is 11.5. The van der Waals surface area contributed by atoms with Crippen molar-refractivity contribution in [2.75, 3.05) is 0 Å². The lowest BCUT2D eigenvalue weighted by atomic mass is 10.0. The summed E-state index contributed by atoms with van der Waals surface area (Å²) in [6.07, 6.45) is 9.48. The molecule has 3 aromatic carbocycles. The van der Waals surface area contributed by atoms with Crippen LogP contribution in [0.3, 0.4) is 0 Å². The first kappa shape index (κ1) is 25.2. The number of azo groups is 2. The van der Waals surface area contributed by atoms with Gasteiger partial charge in [-0.15, -0.1) is 0 Å². The zero-order valence-electron chi connectivity index (χ0n) is 20.3. The number of unbranched alkanes of at least 4 members (excludes halogenated alkanes) is 5. The largest absolute Gasteiger partial charge is 0.300 e. The molecule has 0 aliphatic carbocycles. The van der Waals surface area contributed by atoms with Crippen LogP contribution in [0.25, 0.3) is 0 Å². The zero-order valence-corrected chi connectivity index (χ0v) is 20.3. The van der Waals surface area contributed by atoms with Crippen molar-refractivity contribution in [1.82, 2.24) is 0 Å². The molecule has 0 saturated heterocycles. The molecule has 176 valence electrons. The van der Waals surface area contributed by atoms with Crippen molar-refractivity contribution in [3.05, 3.63) is 83.9 Å². The third-order valence-electron chi connectivity index (χ3n) is 5.56. The van der Waals surface area contributed by atoms with E-state index in [2.05, 4.69) is 39.5 Å². The minimum Gasteiger partial charge on any atom is -0.300 e. The van der Waals surface area contributed by atoms with Crippen LogP contribution < -0.4 is 0 Å². The summed E-state index contributed by atoms with van der Waals surface area (Å²) in [4.78, 5) is 11.2. The van der Waals surface area contributed by atoms with E-state index >= 15 is 0 Å². The molecule has 3 aromatic rings. The minimum absolute atomic E-state index is 0.145. The SMILES string of the molecule is CCCCCCCCc1ccc(N=Nc2ccc(N=Nc3ccc(CC(C)=O)cc3)cc2)cc1. The molecule has 0 N–H and O–H groups in total. The van der Waals surface area contributed by atoms with Crippen molar-refractivity contribution >= 4 is 28.5 Å². The Bertz CT molecular complexity index is 1070. The van der Waals surface area contributed by atoms with Gasteiger partial charge >= 0.3 is 0 Å². The number of rotatable bonds is 13. The standard InChI is InChI=1S/C29H34N4O/c1-3-4-5-6-7-8-9-24-10-14-26(15-11-24)30-32-28-18-20-29(21-19-28)33-31-27-16-12-25(13-17-27)22-23(2)34/h10-21H,3-9,22H2,1-2H3. The van der Waals surface area contributed by atoms with Crippen molar-refractivity contribution in [1.29, 1.82) is 0 Å². The van der Waals surface area contributed by atoms with E-state index < -0.39 is 0 Å². The minimum atomic E-state index is 0.145. The van der Waals surface area contributed by atoms with Crippen LogP contribution in [0, 0.1) is 0 Å². The van der Waals surface area contributed by atoms with E-state index in [0.717, 1.165) is 34.7 Å². The Kier molecular flexibility index (Phi) is 10.3. The Morgan fingerprint density at radius 1 is 0.559 bits per heavy atom. The van der Waals surface area contributed by atoms with Gasteiger partial charge in [0.15, 0.2) is 0 Å². The van der Waals surface area contributed by atoms with Crippen LogP contribution in [0.2, 0.25) is 0 Å². The molecule has 3 rings (SSSR count). The van der Waals surface area contributed by atoms with Gasteiger partial charge in [-0.2, -0.15) is 20.5 Å². The highest BCUT2D eigenvalue weighted by molar-refractivity contribution is 5.78. The number of Topliss-reactive ketones (excluding diaryl/α,β-unsaturated/α-hetero) is 1. The predicted octanol–water partition coefficient (Wildman–Crippen LogP) is 9.55. The lowest BCUT2D eigenvalue weighted by Gasteiger charge is -2.02. The van der Waals surface area contributed by atoms with Gasteiger partial charge in [-0.1, -0.05) is 63.3 Å². The molecule has 0 aliphatic heterocycles. The molecular formula is C29H34N4O. The molecule has 0 unspecified atom stereocenters. The van der Waals surface area contributed by atoms with Gasteiger partial charge < -0.3 is 0 Å². The third-order valence-corrected chi connectivity index (χ3v) is 5.56. The molecule has 0 atom stereocenters. The molecule has 0 spiro atoms. The summed E-state index contributed by atoms with van der Waals surface area (Å²) < 4.78 is 0. The summed E-state index contributed by atoms with van der Waals surface area (Å²) in [5, 5.41) is 17.2. The van der Waals surface area contributed by atoms with Crippen molar-refractivity contribution in [3.8, 4) is 0 Å². The number of aryl methyl sites for hydroxylation is 1. The van der Waals surface area contributed by atoms with Crippen LogP contribution in [0.5, 0.6) is 0 Å². The van der Waals surface area contributed by atoms with Crippen LogP contribution in [0.15, 0.2) is 93.3 Å². The molecule has 0 heterocycles. The fraction of sp³-hybridized carbons (Fsp3) is 0.345. The second-order valence-corrected chi connectivity index (χ2v) is 8.65. The second kappa shape index (κ2) is 13.9. The van der Waals surface area contributed by atoms with E-state index in [0.29, 0.717) is 6.42 Å². The summed E-state index contributed by atoms with van der Waals surface area (Å²) in [6, 6.07) is 23.4. The predicted molar refractivity (Wildman–Crippen MR) is 139 cm³/mol. The maximum atomic E-state index is 11.2. The van der Waals surface area contributed by atoms with Crippen LogP contribution in [-0.2, 0) is 17.6 Å². The highest BCUT2D eigenvalue weighted by Crippen LogP contribution is 2.24. The van der Waals surface area contributed by atoms with Crippen molar-refractivity contribution < 1.29 is 4.79 Å². The summed E-state index contributed by atoms with van der Waals surface area (Å²) >= 11 is 0. The smallest absolute Gasteiger partial charge is 0.134 e. The van der Waals surface area contributed by atoms with Crippen molar-refractivity contribution in [2.45, 2.75) is 65.2 Å². The zero-order chi connectivity index (χ0) is 24.0. The molecular weight excluding hydrogens is 420 g/mol. The maximum absolute atomic E-state index is 11.2. The van der Waals surface area contributed by atoms with Gasteiger partial charge in [0.25, 0.3) is 0 Å². The molecule has 0 aromatic heterocycles. The molecule has 0 amide bonds. The van der Waals surface area contributed by atoms with Crippen LogP contribution in [-0.4, -0.2) is 5.78 Å². The average molecular weight is 455 g/mol. The molecule has 0 fully saturated rings. The fourth-order valence-electron chi connectivity index (χ4n) is 3.62. The average Bonchev–Trinajstić information content (AvgIpc) is 2.85. The Balaban J connectivity index is 1.47. The molecule has 5 nitrogen and oxygen atoms in total. The first-order valence-electron chi connectivity index (χ1n) is 12.2. The van der Waals surface area contributed by atoms with Gasteiger partial charge in [0.1, 0.15) is 5.78 Å². The number of carbonyl (C=O) groups excluding carboxylic acids is 1. The molecule has 0 aliphatic rings. The summed E-state index contributed by atoms with van der Waals surface area (Å²) in [7, 11) is 0. The first-order chi connectivity index (χ1) is 16.6. The van der Waals surface area contributed by atoms with Gasteiger partial charge in [-0.3, -0.25) is 4.79 Å². The Hall–Kier alpha value is -3.47. The highest BCUT2D eigenvalue weighted by atomic mass is 16.1. The summed E-state index contributed by atoms with van der Waals surface area (Å²) in [6.45, 7) is 3.84. The number of nitrogens with zero attached hydrogens (tertiary/aromatic N) is 4. The Labute approximate surface area is 203 Å². The van der Waals surface area contributed by atoms with E-state index in [1.54, 1.807) is 6.92 Å². The lowest BCUT2D eigenvalue weighted by molar-refractivity contribution is -0.116. The van der Waals surface area contributed by atoms with Gasteiger partial charge in [0.05, 0.1) is 22.7 Å². The fourth-order valence-corrected chi connectivity index (χ4v) is 3.62. The summed E-state index contributed by atoms with van der Waals surface area (Å²) in [5.41, 5.74) is 5.44. The Morgan fingerprint density at radius 2 is 0.941 bits per heavy atom. The third kappa shape index (κ3) is 9.18. The molecule has 0 saturated carbocycles. The summed E-state index contributed by atoms with van der Waals surface area (Å²) in [5.74, 6) is 0.145. The lowest BCUT2D eigenvalue weighted by Crippen LogP contribution is -1.94.